The predicted molar refractivity (Wildman–Crippen MR) is 72.1 cm³/mol. The summed E-state index contributed by atoms with van der Waals surface area (Å²) in [5.41, 5.74) is 1.08. The van der Waals surface area contributed by atoms with E-state index in [1.807, 2.05) is 42.5 Å². The van der Waals surface area contributed by atoms with E-state index in [1.54, 1.807) is 25.1 Å². The van der Waals surface area contributed by atoms with Gasteiger partial charge >= 0.3 is 0 Å². The molecular weight excluding hydrogens is 230 g/mol. The van der Waals surface area contributed by atoms with E-state index in [4.69, 9.17) is 4.74 Å². The van der Waals surface area contributed by atoms with Crippen LogP contribution >= 0.6 is 11.8 Å². The van der Waals surface area contributed by atoms with Crippen molar-refractivity contribution in [3.8, 4) is 5.75 Å². The number of methoxy groups -OCH3 is 1. The molecule has 17 heavy (non-hydrogen) atoms. The van der Waals surface area contributed by atoms with E-state index in [1.165, 1.54) is 0 Å². The van der Waals surface area contributed by atoms with Crippen LogP contribution in [0.1, 0.15) is 5.56 Å². The molecule has 86 valence electrons. The molecule has 2 rings (SSSR count). The minimum Gasteiger partial charge on any atom is -0.497 e. The minimum atomic E-state index is 0.851. The summed E-state index contributed by atoms with van der Waals surface area (Å²) in [6.45, 7) is 4.06. The number of thioether (sulfide) groups is 1. The van der Waals surface area contributed by atoms with E-state index in [2.05, 4.69) is 11.6 Å². The van der Waals surface area contributed by atoms with Gasteiger partial charge in [0.1, 0.15) is 10.8 Å². The molecule has 3 heteroatoms. The first-order valence-corrected chi connectivity index (χ1v) is 6.03. The van der Waals surface area contributed by atoms with E-state index in [0.717, 1.165) is 21.2 Å². The fourth-order valence-electron chi connectivity index (χ4n) is 1.37. The number of pyridine rings is 1. The van der Waals surface area contributed by atoms with Gasteiger partial charge in [0, 0.05) is 11.1 Å². The third-order valence-electron chi connectivity index (χ3n) is 2.28. The first-order valence-electron chi connectivity index (χ1n) is 5.22. The van der Waals surface area contributed by atoms with Crippen molar-refractivity contribution < 1.29 is 4.74 Å². The normalized spacial score (nSPS) is 9.94. The lowest BCUT2D eigenvalue weighted by molar-refractivity contribution is 0.415. The zero-order chi connectivity index (χ0) is 12.1. The first-order chi connectivity index (χ1) is 8.29. The van der Waals surface area contributed by atoms with Gasteiger partial charge in [0.15, 0.2) is 0 Å². The number of hydrogen-bond acceptors (Lipinski definition) is 3. The Morgan fingerprint density at radius 3 is 2.53 bits per heavy atom. The van der Waals surface area contributed by atoms with E-state index in [-0.39, 0.29) is 0 Å². The van der Waals surface area contributed by atoms with Crippen LogP contribution < -0.4 is 4.74 Å². The highest BCUT2D eigenvalue weighted by Gasteiger charge is 2.02. The Kier molecular flexibility index (Phi) is 3.83. The SMILES string of the molecule is C=C(Sc1ccccn1)c1ccc(OC)cc1. The minimum absolute atomic E-state index is 0.851. The van der Waals surface area contributed by atoms with Crippen molar-refractivity contribution in [3.63, 3.8) is 0 Å². The monoisotopic (exact) mass is 243 g/mol. The Morgan fingerprint density at radius 1 is 1.18 bits per heavy atom. The Morgan fingerprint density at radius 2 is 1.94 bits per heavy atom. The standard InChI is InChI=1S/C14H13NOS/c1-11(17-14-5-3-4-10-15-14)12-6-8-13(16-2)9-7-12/h3-10H,1H2,2H3. The van der Waals surface area contributed by atoms with Crippen LogP contribution in [0.25, 0.3) is 4.91 Å². The second kappa shape index (κ2) is 5.55. The Hall–Kier alpha value is -1.74. The number of benzene rings is 1. The van der Waals surface area contributed by atoms with Gasteiger partial charge in [0.05, 0.1) is 7.11 Å². The van der Waals surface area contributed by atoms with Crippen molar-refractivity contribution >= 4 is 16.7 Å². The maximum Gasteiger partial charge on any atom is 0.118 e. The third kappa shape index (κ3) is 3.11. The molecule has 0 atom stereocenters. The topological polar surface area (TPSA) is 22.1 Å². The van der Waals surface area contributed by atoms with Crippen molar-refractivity contribution in [2.75, 3.05) is 7.11 Å². The van der Waals surface area contributed by atoms with Gasteiger partial charge in [-0.2, -0.15) is 0 Å². The number of hydrogen-bond donors (Lipinski definition) is 0. The summed E-state index contributed by atoms with van der Waals surface area (Å²) >= 11 is 1.56. The van der Waals surface area contributed by atoms with E-state index < -0.39 is 0 Å². The third-order valence-corrected chi connectivity index (χ3v) is 3.21. The van der Waals surface area contributed by atoms with Crippen molar-refractivity contribution in [3.05, 3.63) is 60.8 Å². The summed E-state index contributed by atoms with van der Waals surface area (Å²) in [6.07, 6.45) is 1.78. The van der Waals surface area contributed by atoms with Crippen LogP contribution in [0, 0.1) is 0 Å². The zero-order valence-electron chi connectivity index (χ0n) is 9.59. The van der Waals surface area contributed by atoms with Crippen molar-refractivity contribution in [2.24, 2.45) is 0 Å². The highest BCUT2D eigenvalue weighted by molar-refractivity contribution is 8.08. The van der Waals surface area contributed by atoms with Crippen LogP contribution in [0.5, 0.6) is 5.75 Å². The van der Waals surface area contributed by atoms with Gasteiger partial charge in [-0.1, -0.05) is 36.5 Å². The van der Waals surface area contributed by atoms with Gasteiger partial charge in [0.2, 0.25) is 0 Å². The van der Waals surface area contributed by atoms with Crippen LogP contribution in [-0.2, 0) is 0 Å². The molecule has 2 nitrogen and oxygen atoms in total. The summed E-state index contributed by atoms with van der Waals surface area (Å²) in [4.78, 5) is 5.23. The lowest BCUT2D eigenvalue weighted by Gasteiger charge is -2.06. The van der Waals surface area contributed by atoms with Gasteiger partial charge < -0.3 is 4.74 Å². The smallest absolute Gasteiger partial charge is 0.118 e. The van der Waals surface area contributed by atoms with Gasteiger partial charge in [0.25, 0.3) is 0 Å². The summed E-state index contributed by atoms with van der Waals surface area (Å²) in [6, 6.07) is 13.7. The molecule has 0 amide bonds. The summed E-state index contributed by atoms with van der Waals surface area (Å²) in [5.74, 6) is 0.851. The molecule has 0 bridgehead atoms. The van der Waals surface area contributed by atoms with Crippen LogP contribution in [0.4, 0.5) is 0 Å². The molecular formula is C14H13NOS. The molecule has 0 fully saturated rings. The number of aromatic nitrogens is 1. The predicted octanol–water partition coefficient (Wildman–Crippen LogP) is 3.85. The molecule has 1 aromatic carbocycles. The lowest BCUT2D eigenvalue weighted by Crippen LogP contribution is -1.84. The second-order valence-corrected chi connectivity index (χ2v) is 4.54. The van der Waals surface area contributed by atoms with Crippen LogP contribution in [0.2, 0.25) is 0 Å². The Labute approximate surface area is 105 Å². The van der Waals surface area contributed by atoms with Gasteiger partial charge in [-0.3, -0.25) is 0 Å². The molecule has 2 aromatic rings. The maximum atomic E-state index is 5.12. The second-order valence-electron chi connectivity index (χ2n) is 3.42. The summed E-state index contributed by atoms with van der Waals surface area (Å²) in [5, 5.41) is 0.952. The highest BCUT2D eigenvalue weighted by Crippen LogP contribution is 2.31. The molecule has 1 heterocycles. The van der Waals surface area contributed by atoms with E-state index in [9.17, 15) is 0 Å². The molecule has 0 aliphatic heterocycles. The Bertz CT molecular complexity index is 493. The van der Waals surface area contributed by atoms with Gasteiger partial charge in [-0.15, -0.1) is 0 Å². The van der Waals surface area contributed by atoms with Crippen LogP contribution in [-0.4, -0.2) is 12.1 Å². The zero-order valence-corrected chi connectivity index (χ0v) is 10.4. The lowest BCUT2D eigenvalue weighted by atomic mass is 10.2. The van der Waals surface area contributed by atoms with Gasteiger partial charge in [-0.25, -0.2) is 4.98 Å². The average Bonchev–Trinajstić information content (AvgIpc) is 2.40. The van der Waals surface area contributed by atoms with Crippen molar-refractivity contribution in [1.29, 1.82) is 0 Å². The molecule has 0 spiro atoms. The quantitative estimate of drug-likeness (QED) is 0.761. The molecule has 0 radical (unpaired) electrons. The number of rotatable bonds is 4. The Balaban J connectivity index is 2.09. The van der Waals surface area contributed by atoms with Crippen molar-refractivity contribution in [2.45, 2.75) is 5.03 Å². The highest BCUT2D eigenvalue weighted by atomic mass is 32.2. The van der Waals surface area contributed by atoms with Crippen LogP contribution in [0.15, 0.2) is 60.3 Å². The largest absolute Gasteiger partial charge is 0.497 e. The van der Waals surface area contributed by atoms with Crippen LogP contribution in [0.3, 0.4) is 0 Å². The molecule has 0 saturated carbocycles. The first kappa shape index (κ1) is 11.7. The fraction of sp³-hybridized carbons (Fsp3) is 0.0714. The molecule has 0 aliphatic rings. The van der Waals surface area contributed by atoms with Crippen molar-refractivity contribution in [1.82, 2.24) is 4.98 Å². The molecule has 0 N–H and O–H groups in total. The molecule has 0 unspecified atom stereocenters. The maximum absolute atomic E-state index is 5.12. The van der Waals surface area contributed by atoms with E-state index >= 15 is 0 Å². The van der Waals surface area contributed by atoms with Gasteiger partial charge in [-0.05, 0) is 29.8 Å². The summed E-state index contributed by atoms with van der Waals surface area (Å²) < 4.78 is 5.12. The molecule has 0 saturated heterocycles. The number of ether oxygens (including phenoxy) is 1. The fourth-order valence-corrected chi connectivity index (χ4v) is 2.14. The molecule has 1 aromatic heterocycles. The number of nitrogens with zero attached hydrogens (tertiary/aromatic N) is 1. The van der Waals surface area contributed by atoms with E-state index in [0.29, 0.717) is 0 Å². The summed E-state index contributed by atoms with van der Waals surface area (Å²) in [7, 11) is 1.66. The molecule has 0 aliphatic carbocycles. The average molecular weight is 243 g/mol.